The van der Waals surface area contributed by atoms with Crippen LogP contribution in [0.1, 0.15) is 59.0 Å². The number of urea groups is 1. The zero-order chi connectivity index (χ0) is 41.3. The van der Waals surface area contributed by atoms with Gasteiger partial charge in [-0.1, -0.05) is 116 Å². The van der Waals surface area contributed by atoms with Gasteiger partial charge in [-0.05, 0) is 87.7 Å². The summed E-state index contributed by atoms with van der Waals surface area (Å²) in [4.78, 5) is 63.8. The molecule has 0 aromatic heterocycles. The molecule has 5 aromatic rings. The third-order valence-electron chi connectivity index (χ3n) is 11.4. The van der Waals surface area contributed by atoms with Crippen LogP contribution in [0.5, 0.6) is 5.75 Å². The molecule has 7 atom stereocenters. The SMILES string of the molecule is C=CCOC(=O)[C@@H]1[C@H]2C(=O)O[C@H](c3ccccc3)[C@H](c3ccccc3)N2[C@H](c2ccc(OCCO)cc2)[C@@]12C(=O)N(C(=O)N[C@H](C)c1ccccc1)c1ccc(I)cc12. The quantitative estimate of drug-likeness (QED) is 0.0784. The van der Waals surface area contributed by atoms with E-state index >= 15 is 4.79 Å². The number of cyclic esters (lactones) is 1. The van der Waals surface area contributed by atoms with Crippen LogP contribution in [0, 0.1) is 9.49 Å². The van der Waals surface area contributed by atoms with Crippen molar-refractivity contribution >= 4 is 52.2 Å². The van der Waals surface area contributed by atoms with Crippen LogP contribution in [-0.2, 0) is 29.3 Å². The molecule has 3 aliphatic rings. The van der Waals surface area contributed by atoms with E-state index in [0.717, 1.165) is 25.2 Å². The van der Waals surface area contributed by atoms with Crippen molar-refractivity contribution in [2.45, 2.75) is 42.6 Å². The maximum Gasteiger partial charge on any atom is 0.329 e. The lowest BCUT2D eigenvalue weighted by atomic mass is 9.65. The molecule has 3 heterocycles. The van der Waals surface area contributed by atoms with Gasteiger partial charge in [-0.2, -0.15) is 0 Å². The molecule has 3 aliphatic heterocycles. The molecular formula is C47H42IN3O8. The Morgan fingerprint density at radius 1 is 0.881 bits per heavy atom. The van der Waals surface area contributed by atoms with E-state index in [1.165, 1.54) is 6.08 Å². The monoisotopic (exact) mass is 903 g/mol. The molecule has 8 rings (SSSR count). The number of carbonyl (C=O) groups excluding carboxylic acids is 4. The fourth-order valence-electron chi connectivity index (χ4n) is 9.06. The third-order valence-corrected chi connectivity index (χ3v) is 12.1. The van der Waals surface area contributed by atoms with Crippen LogP contribution in [0.3, 0.4) is 0 Å². The van der Waals surface area contributed by atoms with Crippen molar-refractivity contribution in [1.82, 2.24) is 10.2 Å². The number of morpholine rings is 1. The first-order chi connectivity index (χ1) is 28.7. The van der Waals surface area contributed by atoms with Gasteiger partial charge in [-0.3, -0.25) is 19.3 Å². The highest BCUT2D eigenvalue weighted by Crippen LogP contribution is 2.66. The highest BCUT2D eigenvalue weighted by atomic mass is 127. The molecule has 5 aromatic carbocycles. The predicted octanol–water partition coefficient (Wildman–Crippen LogP) is 7.53. The highest BCUT2D eigenvalue weighted by molar-refractivity contribution is 14.1. The van der Waals surface area contributed by atoms with Crippen LogP contribution in [0.4, 0.5) is 10.5 Å². The zero-order valence-corrected chi connectivity index (χ0v) is 34.3. The number of halogens is 1. The fourth-order valence-corrected chi connectivity index (χ4v) is 9.55. The summed E-state index contributed by atoms with van der Waals surface area (Å²) in [6.45, 7) is 5.27. The van der Waals surface area contributed by atoms with Gasteiger partial charge < -0.3 is 24.6 Å². The lowest BCUT2D eigenvalue weighted by Crippen LogP contribution is -2.54. The second kappa shape index (κ2) is 16.8. The molecule has 59 heavy (non-hydrogen) atoms. The molecule has 0 bridgehead atoms. The number of hydrogen-bond donors (Lipinski definition) is 2. The molecule has 0 unspecified atom stereocenters. The average molecular weight is 904 g/mol. The van der Waals surface area contributed by atoms with Crippen molar-refractivity contribution in [3.8, 4) is 5.75 Å². The van der Waals surface area contributed by atoms with Gasteiger partial charge in [0.15, 0.2) is 0 Å². The first-order valence-corrected chi connectivity index (χ1v) is 20.5. The number of nitrogens with zero attached hydrogens (tertiary/aromatic N) is 2. The van der Waals surface area contributed by atoms with E-state index in [4.69, 9.17) is 14.2 Å². The summed E-state index contributed by atoms with van der Waals surface area (Å²) < 4.78 is 18.8. The van der Waals surface area contributed by atoms with E-state index < -0.39 is 65.5 Å². The van der Waals surface area contributed by atoms with E-state index in [2.05, 4.69) is 34.5 Å². The number of aliphatic hydroxyl groups is 1. The van der Waals surface area contributed by atoms with Gasteiger partial charge in [-0.15, -0.1) is 0 Å². The smallest absolute Gasteiger partial charge is 0.329 e. The molecule has 2 fully saturated rings. The van der Waals surface area contributed by atoms with Crippen molar-refractivity contribution < 1.29 is 38.5 Å². The number of hydrogen-bond acceptors (Lipinski definition) is 9. The lowest BCUT2D eigenvalue weighted by Gasteiger charge is -2.46. The topological polar surface area (TPSA) is 135 Å². The Kier molecular flexibility index (Phi) is 11.4. The van der Waals surface area contributed by atoms with E-state index in [1.807, 2.05) is 109 Å². The largest absolute Gasteiger partial charge is 0.491 e. The second-order valence-electron chi connectivity index (χ2n) is 14.7. The van der Waals surface area contributed by atoms with Crippen LogP contribution < -0.4 is 15.0 Å². The maximum atomic E-state index is 16.1. The third kappa shape index (κ3) is 6.98. The van der Waals surface area contributed by atoms with Crippen LogP contribution in [0.25, 0.3) is 0 Å². The number of anilines is 1. The van der Waals surface area contributed by atoms with E-state index in [9.17, 15) is 19.5 Å². The fraction of sp³-hybridized carbons (Fsp3) is 0.234. The summed E-state index contributed by atoms with van der Waals surface area (Å²) in [6.07, 6.45) is 0.560. The summed E-state index contributed by atoms with van der Waals surface area (Å²) in [7, 11) is 0. The van der Waals surface area contributed by atoms with Crippen molar-refractivity contribution in [2.75, 3.05) is 24.7 Å². The van der Waals surface area contributed by atoms with Gasteiger partial charge in [0.1, 0.15) is 42.4 Å². The molecule has 2 N–H and O–H groups in total. The Morgan fingerprint density at radius 2 is 1.53 bits per heavy atom. The zero-order valence-electron chi connectivity index (χ0n) is 32.1. The molecular weight excluding hydrogens is 861 g/mol. The van der Waals surface area contributed by atoms with Gasteiger partial charge in [0, 0.05) is 3.57 Å². The molecule has 2 saturated heterocycles. The van der Waals surface area contributed by atoms with Crippen molar-refractivity contribution in [1.29, 1.82) is 0 Å². The number of carbonyl (C=O) groups is 4. The number of rotatable bonds is 11. The number of benzene rings is 5. The number of nitrogens with one attached hydrogen (secondary N) is 1. The number of amides is 3. The molecule has 1 spiro atoms. The van der Waals surface area contributed by atoms with Gasteiger partial charge in [0.05, 0.1) is 30.4 Å². The standard InChI is InChI=1S/C47H42IN3O8/c1-3-26-58-43(53)38-40-44(54)59-41(32-17-11-6-12-18-32)39(31-15-9-5-10-16-31)51(40)42(33-19-22-35(23-20-33)57-27-25-52)47(38)36-28-34(48)21-24-37(36)50(45(47)55)46(56)49-29(2)30-13-7-4-8-14-30/h3-24,28-29,38-42,52H,1,25-27H2,2H3,(H,49,56)/t29-,38+,39+,40+,41-,42-,47+/m1/s1. The average Bonchev–Trinajstić information content (AvgIpc) is 3.72. The first-order valence-electron chi connectivity index (χ1n) is 19.4. The normalized spacial score (nSPS) is 23.8. The molecule has 11 nitrogen and oxygen atoms in total. The van der Waals surface area contributed by atoms with Crippen molar-refractivity contribution in [3.05, 3.63) is 178 Å². The number of esters is 2. The van der Waals surface area contributed by atoms with Crippen LogP contribution in [0.2, 0.25) is 0 Å². The van der Waals surface area contributed by atoms with Gasteiger partial charge >= 0.3 is 18.0 Å². The minimum Gasteiger partial charge on any atom is -0.491 e. The van der Waals surface area contributed by atoms with Crippen molar-refractivity contribution in [3.63, 3.8) is 0 Å². The molecule has 12 heteroatoms. The summed E-state index contributed by atoms with van der Waals surface area (Å²) in [5.41, 5.74) is 1.66. The summed E-state index contributed by atoms with van der Waals surface area (Å²) in [5, 5.41) is 12.5. The number of fused-ring (bicyclic) bond motifs is 3. The minimum atomic E-state index is -1.92. The Hall–Kier alpha value is -5.83. The number of aliphatic hydroxyl groups excluding tert-OH is 1. The van der Waals surface area contributed by atoms with Gasteiger partial charge in [0.2, 0.25) is 5.91 Å². The van der Waals surface area contributed by atoms with Gasteiger partial charge in [-0.25, -0.2) is 9.69 Å². The lowest BCUT2D eigenvalue weighted by molar-refractivity contribution is -0.180. The van der Waals surface area contributed by atoms with E-state index in [-0.39, 0.29) is 25.5 Å². The summed E-state index contributed by atoms with van der Waals surface area (Å²) in [5.74, 6) is -3.25. The summed E-state index contributed by atoms with van der Waals surface area (Å²) in [6, 6.07) is 36.4. The number of imide groups is 1. The molecule has 3 amide bonds. The van der Waals surface area contributed by atoms with Crippen LogP contribution >= 0.6 is 22.6 Å². The van der Waals surface area contributed by atoms with Gasteiger partial charge in [0.25, 0.3) is 0 Å². The van der Waals surface area contributed by atoms with E-state index in [1.54, 1.807) is 36.4 Å². The highest BCUT2D eigenvalue weighted by Gasteiger charge is 2.76. The maximum absolute atomic E-state index is 16.1. The Balaban J connectivity index is 1.41. The van der Waals surface area contributed by atoms with Crippen LogP contribution in [-0.4, -0.2) is 59.7 Å². The molecule has 0 aliphatic carbocycles. The first kappa shape index (κ1) is 40.0. The Morgan fingerprint density at radius 3 is 2.17 bits per heavy atom. The van der Waals surface area contributed by atoms with Crippen LogP contribution in [0.15, 0.2) is 146 Å². The molecule has 0 radical (unpaired) electrons. The number of ether oxygens (including phenoxy) is 3. The Labute approximate surface area is 355 Å². The minimum absolute atomic E-state index is 0.0641. The van der Waals surface area contributed by atoms with E-state index in [0.29, 0.717) is 16.9 Å². The second-order valence-corrected chi connectivity index (χ2v) is 16.0. The summed E-state index contributed by atoms with van der Waals surface area (Å²) >= 11 is 2.16. The van der Waals surface area contributed by atoms with Crippen molar-refractivity contribution in [2.24, 2.45) is 5.92 Å². The Bertz CT molecular complexity index is 2360. The molecule has 300 valence electrons. The predicted molar refractivity (Wildman–Crippen MR) is 228 cm³/mol. The molecule has 0 saturated carbocycles.